The summed E-state index contributed by atoms with van der Waals surface area (Å²) in [7, 11) is 1.40. The molecule has 2 rings (SSSR count). The zero-order valence-electron chi connectivity index (χ0n) is 11.3. The minimum absolute atomic E-state index is 0.0481. The minimum Gasteiger partial charge on any atom is -0.469 e. The Morgan fingerprint density at radius 2 is 2.05 bits per heavy atom. The molecule has 0 aromatic heterocycles. The number of carbonyl (C=O) groups is 2. The van der Waals surface area contributed by atoms with Gasteiger partial charge in [0.05, 0.1) is 13.0 Å². The molecule has 0 saturated carbocycles. The summed E-state index contributed by atoms with van der Waals surface area (Å²) in [6, 6.07) is 9.81. The third kappa shape index (κ3) is 3.13. The average Bonchev–Trinajstić information content (AvgIpc) is 2.42. The number of likely N-dealkylation sites (tertiary alicyclic amines) is 1. The second-order valence-corrected chi connectivity index (χ2v) is 5.07. The molecule has 0 spiro atoms. The fourth-order valence-corrected chi connectivity index (χ4v) is 2.48. The molecule has 0 aliphatic carbocycles. The molecule has 1 amide bonds. The Bertz CT molecular complexity index is 458. The molecule has 2 atom stereocenters. The molecule has 1 aromatic rings. The zero-order chi connectivity index (χ0) is 13.8. The predicted molar refractivity (Wildman–Crippen MR) is 71.1 cm³/mol. The number of nitrogens with zero attached hydrogens (tertiary/aromatic N) is 1. The van der Waals surface area contributed by atoms with Crippen molar-refractivity contribution in [1.82, 2.24) is 4.90 Å². The maximum absolute atomic E-state index is 12.0. The smallest absolute Gasteiger partial charge is 0.310 e. The molecule has 19 heavy (non-hydrogen) atoms. The number of amides is 1. The Hall–Kier alpha value is -1.84. The maximum atomic E-state index is 12.0. The van der Waals surface area contributed by atoms with Crippen LogP contribution in [0.5, 0.6) is 0 Å². The normalized spacial score (nSPS) is 23.3. The van der Waals surface area contributed by atoms with Gasteiger partial charge in [0.2, 0.25) is 5.91 Å². The molecular formula is C15H19NO3. The average molecular weight is 261 g/mol. The monoisotopic (exact) mass is 261 g/mol. The van der Waals surface area contributed by atoms with E-state index in [1.54, 1.807) is 4.90 Å². The summed E-state index contributed by atoms with van der Waals surface area (Å²) in [5.41, 5.74) is 1.08. The lowest BCUT2D eigenvalue weighted by atomic mass is 9.86. The van der Waals surface area contributed by atoms with Crippen molar-refractivity contribution in [1.29, 1.82) is 0 Å². The van der Waals surface area contributed by atoms with Crippen molar-refractivity contribution in [2.24, 2.45) is 11.8 Å². The molecule has 0 bridgehead atoms. The van der Waals surface area contributed by atoms with Gasteiger partial charge in [-0.3, -0.25) is 9.59 Å². The Morgan fingerprint density at radius 3 is 2.68 bits per heavy atom. The summed E-state index contributed by atoms with van der Waals surface area (Å²) in [5.74, 6) is -0.284. The number of hydrogen-bond acceptors (Lipinski definition) is 3. The Kier molecular flexibility index (Phi) is 4.20. The van der Waals surface area contributed by atoms with Crippen molar-refractivity contribution in [2.45, 2.75) is 19.9 Å². The van der Waals surface area contributed by atoms with Gasteiger partial charge in [0, 0.05) is 19.5 Å². The number of esters is 1. The van der Waals surface area contributed by atoms with Crippen LogP contribution in [0.4, 0.5) is 0 Å². The van der Waals surface area contributed by atoms with E-state index in [1.165, 1.54) is 7.11 Å². The molecule has 102 valence electrons. The number of methoxy groups -OCH3 is 1. The van der Waals surface area contributed by atoms with Gasteiger partial charge in [-0.15, -0.1) is 0 Å². The highest BCUT2D eigenvalue weighted by atomic mass is 16.5. The third-order valence-corrected chi connectivity index (χ3v) is 3.67. The van der Waals surface area contributed by atoms with Gasteiger partial charge in [0.25, 0.3) is 0 Å². The van der Waals surface area contributed by atoms with Crippen LogP contribution in [0.2, 0.25) is 0 Å². The van der Waals surface area contributed by atoms with E-state index in [-0.39, 0.29) is 23.7 Å². The van der Waals surface area contributed by atoms with E-state index in [0.717, 1.165) is 5.56 Å². The zero-order valence-corrected chi connectivity index (χ0v) is 11.3. The molecule has 4 nitrogen and oxygen atoms in total. The van der Waals surface area contributed by atoms with Crippen LogP contribution < -0.4 is 0 Å². The summed E-state index contributed by atoms with van der Waals surface area (Å²) in [4.78, 5) is 25.5. The van der Waals surface area contributed by atoms with E-state index in [4.69, 9.17) is 4.74 Å². The van der Waals surface area contributed by atoms with Crippen molar-refractivity contribution in [3.8, 4) is 0 Å². The van der Waals surface area contributed by atoms with E-state index in [0.29, 0.717) is 19.5 Å². The molecule has 1 aromatic carbocycles. The van der Waals surface area contributed by atoms with Gasteiger partial charge in [-0.05, 0) is 11.5 Å². The first-order valence-electron chi connectivity index (χ1n) is 6.51. The van der Waals surface area contributed by atoms with Crippen LogP contribution in [-0.2, 0) is 20.9 Å². The van der Waals surface area contributed by atoms with Gasteiger partial charge in [0.1, 0.15) is 0 Å². The maximum Gasteiger partial charge on any atom is 0.310 e. The van der Waals surface area contributed by atoms with Crippen LogP contribution in [0.15, 0.2) is 30.3 Å². The lowest BCUT2D eigenvalue weighted by Gasteiger charge is -2.35. The molecule has 1 saturated heterocycles. The van der Waals surface area contributed by atoms with E-state index < -0.39 is 0 Å². The quantitative estimate of drug-likeness (QED) is 0.780. The lowest BCUT2D eigenvalue weighted by Crippen LogP contribution is -2.46. The lowest BCUT2D eigenvalue weighted by molar-refractivity contribution is -0.153. The summed E-state index contributed by atoms with van der Waals surface area (Å²) in [6.45, 7) is 2.93. The van der Waals surface area contributed by atoms with Gasteiger partial charge in [-0.1, -0.05) is 37.3 Å². The molecule has 1 fully saturated rings. The summed E-state index contributed by atoms with van der Waals surface area (Å²) in [5, 5.41) is 0. The topological polar surface area (TPSA) is 46.6 Å². The molecule has 1 heterocycles. The van der Waals surface area contributed by atoms with E-state index in [9.17, 15) is 9.59 Å². The van der Waals surface area contributed by atoms with Crippen LogP contribution in [0.3, 0.4) is 0 Å². The highest BCUT2D eigenvalue weighted by molar-refractivity contribution is 5.81. The first kappa shape index (κ1) is 13.6. The fourth-order valence-electron chi connectivity index (χ4n) is 2.48. The van der Waals surface area contributed by atoms with Crippen molar-refractivity contribution in [3.63, 3.8) is 0 Å². The van der Waals surface area contributed by atoms with Crippen LogP contribution in [0.1, 0.15) is 18.9 Å². The third-order valence-electron chi connectivity index (χ3n) is 3.67. The van der Waals surface area contributed by atoms with Gasteiger partial charge in [-0.2, -0.15) is 0 Å². The Labute approximate surface area is 113 Å². The summed E-state index contributed by atoms with van der Waals surface area (Å²) < 4.78 is 4.82. The van der Waals surface area contributed by atoms with Crippen LogP contribution in [0.25, 0.3) is 0 Å². The van der Waals surface area contributed by atoms with Gasteiger partial charge < -0.3 is 9.64 Å². The number of rotatable bonds is 3. The van der Waals surface area contributed by atoms with Gasteiger partial charge >= 0.3 is 5.97 Å². The molecule has 0 radical (unpaired) electrons. The first-order chi connectivity index (χ1) is 9.11. The Morgan fingerprint density at radius 1 is 1.37 bits per heavy atom. The number of hydrogen-bond donors (Lipinski definition) is 0. The van der Waals surface area contributed by atoms with Gasteiger partial charge in [-0.25, -0.2) is 0 Å². The second-order valence-electron chi connectivity index (χ2n) is 5.07. The number of carbonyl (C=O) groups excluding carboxylic acids is 2. The fraction of sp³-hybridized carbons (Fsp3) is 0.467. The Balaban J connectivity index is 2.08. The highest BCUT2D eigenvalue weighted by Gasteiger charge is 2.36. The van der Waals surface area contributed by atoms with Crippen molar-refractivity contribution in [3.05, 3.63) is 35.9 Å². The van der Waals surface area contributed by atoms with Crippen LogP contribution in [0, 0.1) is 11.8 Å². The number of ether oxygens (including phenoxy) is 1. The standard InChI is InChI=1S/C15H19NO3/c1-11-8-14(17)16(10-13(11)15(18)19-2)9-12-6-4-3-5-7-12/h3-7,11,13H,8-10H2,1-2H3. The van der Waals surface area contributed by atoms with E-state index in [2.05, 4.69) is 0 Å². The molecule has 1 aliphatic rings. The molecular weight excluding hydrogens is 242 g/mol. The highest BCUT2D eigenvalue weighted by Crippen LogP contribution is 2.26. The van der Waals surface area contributed by atoms with Crippen LogP contribution in [-0.4, -0.2) is 30.4 Å². The number of benzene rings is 1. The van der Waals surface area contributed by atoms with Gasteiger partial charge in [0.15, 0.2) is 0 Å². The van der Waals surface area contributed by atoms with Crippen molar-refractivity contribution < 1.29 is 14.3 Å². The first-order valence-corrected chi connectivity index (χ1v) is 6.51. The molecule has 2 unspecified atom stereocenters. The molecule has 0 N–H and O–H groups in total. The number of piperidine rings is 1. The SMILES string of the molecule is COC(=O)C1CN(Cc2ccccc2)C(=O)CC1C. The summed E-state index contributed by atoms with van der Waals surface area (Å²) in [6.07, 6.45) is 0.409. The summed E-state index contributed by atoms with van der Waals surface area (Å²) >= 11 is 0. The second kappa shape index (κ2) is 5.87. The largest absolute Gasteiger partial charge is 0.469 e. The predicted octanol–water partition coefficient (Wildman–Crippen LogP) is 1.84. The van der Waals surface area contributed by atoms with E-state index in [1.807, 2.05) is 37.3 Å². The van der Waals surface area contributed by atoms with Crippen LogP contribution >= 0.6 is 0 Å². The van der Waals surface area contributed by atoms with E-state index >= 15 is 0 Å². The molecule has 1 aliphatic heterocycles. The van der Waals surface area contributed by atoms with Crippen molar-refractivity contribution in [2.75, 3.05) is 13.7 Å². The molecule has 4 heteroatoms. The van der Waals surface area contributed by atoms with Crippen molar-refractivity contribution >= 4 is 11.9 Å². The minimum atomic E-state index is -0.224.